The lowest BCUT2D eigenvalue weighted by atomic mass is 10.2. The van der Waals surface area contributed by atoms with Crippen LogP contribution in [0.25, 0.3) is 11.4 Å². The standard InChI is InChI=1S/C11H9N3O/c1-7-8(2)13-11(14-10(7)5-12)9-3-4-15-6-9/h3-4,6H,1-2H3. The van der Waals surface area contributed by atoms with Gasteiger partial charge in [-0.25, -0.2) is 9.97 Å². The molecule has 15 heavy (non-hydrogen) atoms. The van der Waals surface area contributed by atoms with Crippen LogP contribution in [0.2, 0.25) is 0 Å². The second-order valence-corrected chi connectivity index (χ2v) is 3.23. The zero-order valence-corrected chi connectivity index (χ0v) is 8.48. The van der Waals surface area contributed by atoms with Crippen LogP contribution in [-0.2, 0) is 0 Å². The highest BCUT2D eigenvalue weighted by molar-refractivity contribution is 5.54. The smallest absolute Gasteiger partial charge is 0.164 e. The number of nitrogens with zero attached hydrogens (tertiary/aromatic N) is 3. The van der Waals surface area contributed by atoms with Crippen LogP contribution in [0.5, 0.6) is 0 Å². The first-order chi connectivity index (χ1) is 7.22. The topological polar surface area (TPSA) is 62.7 Å². The van der Waals surface area contributed by atoms with Crippen LogP contribution < -0.4 is 0 Å². The van der Waals surface area contributed by atoms with Gasteiger partial charge in [0.05, 0.1) is 11.8 Å². The summed E-state index contributed by atoms with van der Waals surface area (Å²) in [7, 11) is 0. The molecular weight excluding hydrogens is 190 g/mol. The SMILES string of the molecule is Cc1nc(-c2ccoc2)nc(C#N)c1C. The maximum absolute atomic E-state index is 8.90. The fraction of sp³-hybridized carbons (Fsp3) is 0.182. The average Bonchev–Trinajstić information content (AvgIpc) is 2.75. The maximum atomic E-state index is 8.90. The van der Waals surface area contributed by atoms with E-state index in [-0.39, 0.29) is 0 Å². The lowest BCUT2D eigenvalue weighted by Crippen LogP contribution is -1.99. The van der Waals surface area contributed by atoms with E-state index in [9.17, 15) is 0 Å². The third kappa shape index (κ3) is 1.59. The minimum absolute atomic E-state index is 0.415. The molecule has 0 fully saturated rings. The maximum Gasteiger partial charge on any atom is 0.164 e. The molecule has 0 bridgehead atoms. The monoisotopic (exact) mass is 199 g/mol. The summed E-state index contributed by atoms with van der Waals surface area (Å²) in [4.78, 5) is 8.46. The number of furan rings is 1. The summed E-state index contributed by atoms with van der Waals surface area (Å²) in [6.07, 6.45) is 3.12. The molecule has 0 radical (unpaired) electrons. The molecule has 4 heteroatoms. The first-order valence-electron chi connectivity index (χ1n) is 4.50. The van der Waals surface area contributed by atoms with Crippen LogP contribution in [-0.4, -0.2) is 9.97 Å². The Morgan fingerprint density at radius 2 is 2.13 bits per heavy atom. The normalized spacial score (nSPS) is 9.93. The minimum Gasteiger partial charge on any atom is -0.472 e. The molecule has 0 aliphatic carbocycles. The molecule has 2 heterocycles. The largest absolute Gasteiger partial charge is 0.472 e. The van der Waals surface area contributed by atoms with Crippen LogP contribution in [0, 0.1) is 25.2 Å². The predicted molar refractivity (Wildman–Crippen MR) is 53.9 cm³/mol. The summed E-state index contributed by atoms with van der Waals surface area (Å²) in [6, 6.07) is 3.83. The number of aryl methyl sites for hydroxylation is 1. The van der Waals surface area contributed by atoms with Gasteiger partial charge in [-0.3, -0.25) is 0 Å². The van der Waals surface area contributed by atoms with E-state index >= 15 is 0 Å². The molecule has 0 atom stereocenters. The van der Waals surface area contributed by atoms with E-state index in [1.165, 1.54) is 0 Å². The van der Waals surface area contributed by atoms with E-state index in [0.717, 1.165) is 16.8 Å². The Bertz CT molecular complexity index is 524. The lowest BCUT2D eigenvalue weighted by molar-refractivity contribution is 0.568. The quantitative estimate of drug-likeness (QED) is 0.706. The molecule has 2 aromatic heterocycles. The molecule has 0 amide bonds. The Labute approximate surface area is 87.2 Å². The van der Waals surface area contributed by atoms with E-state index in [2.05, 4.69) is 16.0 Å². The molecule has 0 aliphatic heterocycles. The summed E-state index contributed by atoms with van der Waals surface area (Å²) >= 11 is 0. The Morgan fingerprint density at radius 1 is 1.33 bits per heavy atom. The van der Waals surface area contributed by atoms with Gasteiger partial charge in [-0.2, -0.15) is 5.26 Å². The van der Waals surface area contributed by atoms with Crippen LogP contribution >= 0.6 is 0 Å². The van der Waals surface area contributed by atoms with Crippen LogP contribution in [0.15, 0.2) is 23.0 Å². The van der Waals surface area contributed by atoms with Crippen LogP contribution in [0.4, 0.5) is 0 Å². The lowest BCUT2D eigenvalue weighted by Gasteiger charge is -2.03. The van der Waals surface area contributed by atoms with Gasteiger partial charge in [-0.05, 0) is 19.9 Å². The fourth-order valence-corrected chi connectivity index (χ4v) is 1.26. The van der Waals surface area contributed by atoms with Crippen molar-refractivity contribution in [1.82, 2.24) is 9.97 Å². The molecule has 0 unspecified atom stereocenters. The second-order valence-electron chi connectivity index (χ2n) is 3.23. The highest BCUT2D eigenvalue weighted by atomic mass is 16.3. The zero-order valence-electron chi connectivity index (χ0n) is 8.48. The number of hydrogen-bond donors (Lipinski definition) is 0. The molecule has 4 nitrogen and oxygen atoms in total. The highest BCUT2D eigenvalue weighted by Crippen LogP contribution is 2.18. The number of aromatic nitrogens is 2. The van der Waals surface area contributed by atoms with Crippen molar-refractivity contribution >= 4 is 0 Å². The van der Waals surface area contributed by atoms with Crippen molar-refractivity contribution in [2.75, 3.05) is 0 Å². The molecule has 0 N–H and O–H groups in total. The van der Waals surface area contributed by atoms with Crippen molar-refractivity contribution in [2.24, 2.45) is 0 Å². The highest BCUT2D eigenvalue weighted by Gasteiger charge is 2.09. The van der Waals surface area contributed by atoms with Gasteiger partial charge in [0.25, 0.3) is 0 Å². The van der Waals surface area contributed by atoms with Gasteiger partial charge in [0.1, 0.15) is 18.0 Å². The fourth-order valence-electron chi connectivity index (χ4n) is 1.26. The van der Waals surface area contributed by atoms with Crippen molar-refractivity contribution < 1.29 is 4.42 Å². The van der Waals surface area contributed by atoms with Gasteiger partial charge < -0.3 is 4.42 Å². The van der Waals surface area contributed by atoms with Gasteiger partial charge in [0.15, 0.2) is 5.82 Å². The molecule has 0 aromatic carbocycles. The zero-order chi connectivity index (χ0) is 10.8. The first-order valence-corrected chi connectivity index (χ1v) is 4.50. The van der Waals surface area contributed by atoms with Crippen molar-refractivity contribution in [1.29, 1.82) is 5.26 Å². The molecule has 0 spiro atoms. The molecule has 0 aliphatic rings. The molecular formula is C11H9N3O. The Hall–Kier alpha value is -2.15. The third-order valence-electron chi connectivity index (χ3n) is 2.27. The van der Waals surface area contributed by atoms with Gasteiger partial charge in [-0.15, -0.1) is 0 Å². The van der Waals surface area contributed by atoms with E-state index in [4.69, 9.17) is 9.68 Å². The first kappa shape index (κ1) is 9.41. The predicted octanol–water partition coefficient (Wildman–Crippen LogP) is 2.23. The van der Waals surface area contributed by atoms with Crippen molar-refractivity contribution in [2.45, 2.75) is 13.8 Å². The molecule has 2 aromatic rings. The summed E-state index contributed by atoms with van der Waals surface area (Å²) in [5.41, 5.74) is 2.84. The van der Waals surface area contributed by atoms with Gasteiger partial charge in [-0.1, -0.05) is 0 Å². The Morgan fingerprint density at radius 3 is 2.73 bits per heavy atom. The van der Waals surface area contributed by atoms with Crippen LogP contribution in [0.3, 0.4) is 0 Å². The number of hydrogen-bond acceptors (Lipinski definition) is 4. The second kappa shape index (κ2) is 3.54. The van der Waals surface area contributed by atoms with Crippen molar-refractivity contribution in [3.8, 4) is 17.5 Å². The summed E-state index contributed by atoms with van der Waals surface area (Å²) < 4.78 is 4.95. The van der Waals surface area contributed by atoms with Crippen molar-refractivity contribution in [3.05, 3.63) is 35.5 Å². The van der Waals surface area contributed by atoms with Gasteiger partial charge in [0, 0.05) is 11.3 Å². The molecule has 0 saturated heterocycles. The minimum atomic E-state index is 0.415. The Kier molecular flexibility index (Phi) is 2.22. The van der Waals surface area contributed by atoms with E-state index in [1.807, 2.05) is 13.8 Å². The molecule has 0 saturated carbocycles. The van der Waals surface area contributed by atoms with Crippen LogP contribution in [0.1, 0.15) is 17.0 Å². The summed E-state index contributed by atoms with van der Waals surface area (Å²) in [5, 5.41) is 8.90. The summed E-state index contributed by atoms with van der Waals surface area (Å²) in [5.74, 6) is 0.531. The average molecular weight is 199 g/mol. The van der Waals surface area contributed by atoms with E-state index < -0.39 is 0 Å². The van der Waals surface area contributed by atoms with E-state index in [1.54, 1.807) is 18.6 Å². The number of rotatable bonds is 1. The van der Waals surface area contributed by atoms with Crippen molar-refractivity contribution in [3.63, 3.8) is 0 Å². The summed E-state index contributed by atoms with van der Waals surface area (Å²) in [6.45, 7) is 3.70. The van der Waals surface area contributed by atoms with Gasteiger partial charge >= 0.3 is 0 Å². The van der Waals surface area contributed by atoms with Gasteiger partial charge in [0.2, 0.25) is 0 Å². The van der Waals surface area contributed by atoms with E-state index in [0.29, 0.717) is 11.5 Å². The third-order valence-corrected chi connectivity index (χ3v) is 2.27. The number of nitriles is 1. The molecule has 2 rings (SSSR count). The molecule has 74 valence electrons. The Balaban J connectivity index is 2.62.